The van der Waals surface area contributed by atoms with Crippen LogP contribution in [0.3, 0.4) is 0 Å². The molecule has 0 radical (unpaired) electrons. The van der Waals surface area contributed by atoms with Crippen LogP contribution in [-0.4, -0.2) is 17.5 Å². The molecule has 0 atom stereocenters. The molecule has 2 saturated carbocycles. The molecule has 0 spiro atoms. The maximum absolute atomic E-state index is 5.72. The SMILES string of the molecule is BrC1CC(OCCC2CCC2)C1. The van der Waals surface area contributed by atoms with Crippen LogP contribution in [-0.2, 0) is 4.74 Å². The predicted octanol–water partition coefficient (Wildman–Crippen LogP) is 3.12. The second kappa shape index (κ2) is 4.10. The Morgan fingerprint density at radius 2 is 2.00 bits per heavy atom. The lowest BCUT2D eigenvalue weighted by atomic mass is 9.83. The zero-order valence-corrected chi connectivity index (χ0v) is 9.05. The molecule has 2 aliphatic carbocycles. The van der Waals surface area contributed by atoms with E-state index in [0.717, 1.165) is 17.4 Å². The van der Waals surface area contributed by atoms with Crippen LogP contribution in [0.15, 0.2) is 0 Å². The highest BCUT2D eigenvalue weighted by Gasteiger charge is 2.27. The summed E-state index contributed by atoms with van der Waals surface area (Å²) in [6, 6.07) is 0. The molecule has 0 N–H and O–H groups in total. The summed E-state index contributed by atoms with van der Waals surface area (Å²) in [4.78, 5) is 0.742. The van der Waals surface area contributed by atoms with E-state index in [-0.39, 0.29) is 0 Å². The quantitative estimate of drug-likeness (QED) is 0.678. The molecule has 0 aromatic rings. The van der Waals surface area contributed by atoms with E-state index >= 15 is 0 Å². The molecule has 0 aliphatic heterocycles. The van der Waals surface area contributed by atoms with Gasteiger partial charge in [-0.25, -0.2) is 0 Å². The lowest BCUT2D eigenvalue weighted by Crippen LogP contribution is -2.32. The van der Waals surface area contributed by atoms with E-state index in [1.165, 1.54) is 38.5 Å². The summed E-state index contributed by atoms with van der Waals surface area (Å²) in [5.41, 5.74) is 0. The number of halogens is 1. The monoisotopic (exact) mass is 232 g/mol. The number of hydrogen-bond acceptors (Lipinski definition) is 1. The van der Waals surface area contributed by atoms with Crippen LogP contribution < -0.4 is 0 Å². The molecule has 2 rings (SSSR count). The number of hydrogen-bond donors (Lipinski definition) is 0. The van der Waals surface area contributed by atoms with E-state index in [1.807, 2.05) is 0 Å². The fraction of sp³-hybridized carbons (Fsp3) is 1.00. The van der Waals surface area contributed by atoms with E-state index in [9.17, 15) is 0 Å². The zero-order chi connectivity index (χ0) is 8.39. The van der Waals surface area contributed by atoms with Crippen LogP contribution in [0.25, 0.3) is 0 Å². The minimum Gasteiger partial charge on any atom is -0.378 e. The number of ether oxygens (including phenoxy) is 1. The fourth-order valence-corrected chi connectivity index (χ4v) is 2.65. The second-order valence-electron chi connectivity index (χ2n) is 4.15. The first-order chi connectivity index (χ1) is 5.84. The zero-order valence-electron chi connectivity index (χ0n) is 7.47. The van der Waals surface area contributed by atoms with Crippen molar-refractivity contribution in [2.24, 2.45) is 5.92 Å². The van der Waals surface area contributed by atoms with Gasteiger partial charge in [0.25, 0.3) is 0 Å². The topological polar surface area (TPSA) is 9.23 Å². The van der Waals surface area contributed by atoms with Crippen LogP contribution in [0, 0.1) is 5.92 Å². The molecule has 0 saturated heterocycles. The van der Waals surface area contributed by atoms with Crippen LogP contribution in [0.2, 0.25) is 0 Å². The maximum Gasteiger partial charge on any atom is 0.0596 e. The predicted molar refractivity (Wildman–Crippen MR) is 53.6 cm³/mol. The van der Waals surface area contributed by atoms with Crippen LogP contribution in [0.4, 0.5) is 0 Å². The Hall–Kier alpha value is 0.440. The third-order valence-electron chi connectivity index (χ3n) is 3.14. The lowest BCUT2D eigenvalue weighted by Gasteiger charge is -2.32. The number of alkyl halides is 1. The average Bonchev–Trinajstić information content (AvgIpc) is 1.90. The van der Waals surface area contributed by atoms with Gasteiger partial charge in [0.15, 0.2) is 0 Å². The van der Waals surface area contributed by atoms with Crippen molar-refractivity contribution in [2.75, 3.05) is 6.61 Å². The molecule has 2 heteroatoms. The van der Waals surface area contributed by atoms with Crippen LogP contribution >= 0.6 is 15.9 Å². The van der Waals surface area contributed by atoms with Crippen molar-refractivity contribution in [3.63, 3.8) is 0 Å². The van der Waals surface area contributed by atoms with Crippen molar-refractivity contribution in [1.82, 2.24) is 0 Å². The summed E-state index contributed by atoms with van der Waals surface area (Å²) < 4.78 is 5.72. The van der Waals surface area contributed by atoms with Crippen molar-refractivity contribution in [3.05, 3.63) is 0 Å². The Balaban J connectivity index is 1.46. The van der Waals surface area contributed by atoms with Gasteiger partial charge in [0.1, 0.15) is 0 Å². The first kappa shape index (κ1) is 9.01. The maximum atomic E-state index is 5.72. The van der Waals surface area contributed by atoms with Gasteiger partial charge < -0.3 is 4.74 Å². The van der Waals surface area contributed by atoms with Crippen LogP contribution in [0.1, 0.15) is 38.5 Å². The van der Waals surface area contributed by atoms with Gasteiger partial charge in [-0.15, -0.1) is 0 Å². The van der Waals surface area contributed by atoms with E-state index in [0.29, 0.717) is 6.10 Å². The van der Waals surface area contributed by atoms with Crippen molar-refractivity contribution >= 4 is 15.9 Å². The van der Waals surface area contributed by atoms with E-state index in [4.69, 9.17) is 4.74 Å². The van der Waals surface area contributed by atoms with Gasteiger partial charge >= 0.3 is 0 Å². The third kappa shape index (κ3) is 2.23. The minimum atomic E-state index is 0.578. The molecule has 0 bridgehead atoms. The second-order valence-corrected chi connectivity index (χ2v) is 5.44. The van der Waals surface area contributed by atoms with Crippen molar-refractivity contribution < 1.29 is 4.74 Å². The summed E-state index contributed by atoms with van der Waals surface area (Å²) in [5.74, 6) is 1.00. The highest BCUT2D eigenvalue weighted by atomic mass is 79.9. The van der Waals surface area contributed by atoms with E-state index in [2.05, 4.69) is 15.9 Å². The molecule has 2 aliphatic rings. The Morgan fingerprint density at radius 3 is 2.50 bits per heavy atom. The molecule has 0 unspecified atom stereocenters. The molecular weight excluding hydrogens is 216 g/mol. The summed E-state index contributed by atoms with van der Waals surface area (Å²) >= 11 is 3.57. The number of rotatable bonds is 4. The first-order valence-electron chi connectivity index (χ1n) is 5.10. The molecule has 0 aromatic heterocycles. The molecule has 70 valence electrons. The molecule has 0 amide bonds. The summed E-state index contributed by atoms with van der Waals surface area (Å²) in [7, 11) is 0. The smallest absolute Gasteiger partial charge is 0.0596 e. The minimum absolute atomic E-state index is 0.578. The molecule has 12 heavy (non-hydrogen) atoms. The first-order valence-corrected chi connectivity index (χ1v) is 6.02. The van der Waals surface area contributed by atoms with Crippen molar-refractivity contribution in [2.45, 2.75) is 49.5 Å². The van der Waals surface area contributed by atoms with Gasteiger partial charge in [0.2, 0.25) is 0 Å². The van der Waals surface area contributed by atoms with Gasteiger partial charge in [-0.05, 0) is 25.2 Å². The average molecular weight is 233 g/mol. The van der Waals surface area contributed by atoms with Gasteiger partial charge in [-0.1, -0.05) is 35.2 Å². The molecule has 2 fully saturated rings. The summed E-state index contributed by atoms with van der Waals surface area (Å²) in [6.45, 7) is 1.01. The Morgan fingerprint density at radius 1 is 1.25 bits per heavy atom. The van der Waals surface area contributed by atoms with E-state index < -0.39 is 0 Å². The third-order valence-corrected chi connectivity index (χ3v) is 3.89. The molecule has 0 aromatic carbocycles. The summed E-state index contributed by atoms with van der Waals surface area (Å²) in [5, 5.41) is 0. The molecule has 0 heterocycles. The molecular formula is C10H17BrO. The standard InChI is InChI=1S/C10H17BrO/c11-9-6-10(7-9)12-5-4-8-2-1-3-8/h8-10H,1-7H2. The van der Waals surface area contributed by atoms with Crippen molar-refractivity contribution in [3.8, 4) is 0 Å². The van der Waals surface area contributed by atoms with E-state index in [1.54, 1.807) is 0 Å². The summed E-state index contributed by atoms with van der Waals surface area (Å²) in [6.07, 6.45) is 8.70. The highest BCUT2D eigenvalue weighted by Crippen LogP contribution is 2.32. The van der Waals surface area contributed by atoms with Gasteiger partial charge in [0.05, 0.1) is 6.10 Å². The van der Waals surface area contributed by atoms with Gasteiger partial charge in [-0.3, -0.25) is 0 Å². The van der Waals surface area contributed by atoms with Gasteiger partial charge in [-0.2, -0.15) is 0 Å². The highest BCUT2D eigenvalue weighted by molar-refractivity contribution is 9.09. The fourth-order valence-electron chi connectivity index (χ4n) is 1.82. The van der Waals surface area contributed by atoms with Crippen molar-refractivity contribution in [1.29, 1.82) is 0 Å². The lowest BCUT2D eigenvalue weighted by molar-refractivity contribution is -0.00307. The Kier molecular flexibility index (Phi) is 3.08. The largest absolute Gasteiger partial charge is 0.378 e. The Bertz CT molecular complexity index is 139. The normalized spacial score (nSPS) is 35.8. The van der Waals surface area contributed by atoms with Gasteiger partial charge in [0, 0.05) is 11.4 Å². The molecule has 1 nitrogen and oxygen atoms in total. The van der Waals surface area contributed by atoms with Crippen LogP contribution in [0.5, 0.6) is 0 Å². The Labute approximate surface area is 83.0 Å².